The highest BCUT2D eigenvalue weighted by molar-refractivity contribution is 6.31. The van der Waals surface area contributed by atoms with Crippen LogP contribution >= 0.6 is 11.6 Å². The van der Waals surface area contributed by atoms with Crippen LogP contribution in [-0.4, -0.2) is 9.55 Å². The van der Waals surface area contributed by atoms with E-state index in [-0.39, 0.29) is 0 Å². The first-order chi connectivity index (χ1) is 10.7. The lowest BCUT2D eigenvalue weighted by Crippen LogP contribution is -2.05. The predicted molar refractivity (Wildman–Crippen MR) is 89.0 cm³/mol. The lowest BCUT2D eigenvalue weighted by molar-refractivity contribution is 0.722. The molecule has 3 aromatic rings. The molecule has 0 saturated carbocycles. The SMILES string of the molecule is CCCc1nc2ccc(C#N)cc2n1Cc1ccccc1Cl. The summed E-state index contributed by atoms with van der Waals surface area (Å²) in [7, 11) is 0. The molecule has 1 aromatic heterocycles. The Bertz CT molecular complexity index is 858. The topological polar surface area (TPSA) is 41.6 Å². The third-order valence-corrected chi connectivity index (χ3v) is 4.09. The molecule has 0 aliphatic rings. The van der Waals surface area contributed by atoms with Crippen molar-refractivity contribution >= 4 is 22.6 Å². The van der Waals surface area contributed by atoms with Crippen molar-refractivity contribution in [3.8, 4) is 6.07 Å². The molecule has 0 bridgehead atoms. The fourth-order valence-corrected chi connectivity index (χ4v) is 2.83. The Balaban J connectivity index is 2.14. The van der Waals surface area contributed by atoms with E-state index in [1.54, 1.807) is 0 Å². The van der Waals surface area contributed by atoms with Crippen molar-refractivity contribution in [2.24, 2.45) is 0 Å². The molecule has 0 spiro atoms. The normalized spacial score (nSPS) is 10.8. The minimum Gasteiger partial charge on any atom is -0.323 e. The monoisotopic (exact) mass is 309 g/mol. The van der Waals surface area contributed by atoms with Crippen LogP contribution in [0.15, 0.2) is 42.5 Å². The summed E-state index contributed by atoms with van der Waals surface area (Å²) < 4.78 is 2.17. The van der Waals surface area contributed by atoms with E-state index in [2.05, 4.69) is 17.6 Å². The van der Waals surface area contributed by atoms with Gasteiger partial charge in [-0.15, -0.1) is 0 Å². The Morgan fingerprint density at radius 3 is 2.77 bits per heavy atom. The van der Waals surface area contributed by atoms with E-state index in [1.165, 1.54) is 0 Å². The van der Waals surface area contributed by atoms with Gasteiger partial charge < -0.3 is 4.57 Å². The number of rotatable bonds is 4. The van der Waals surface area contributed by atoms with Crippen LogP contribution in [0.2, 0.25) is 5.02 Å². The maximum atomic E-state index is 9.13. The molecule has 0 amide bonds. The third kappa shape index (κ3) is 2.70. The molecule has 0 fully saturated rings. The maximum Gasteiger partial charge on any atom is 0.110 e. The second-order valence-corrected chi connectivity index (χ2v) is 5.68. The van der Waals surface area contributed by atoms with Gasteiger partial charge in [-0.3, -0.25) is 0 Å². The lowest BCUT2D eigenvalue weighted by Gasteiger charge is -2.10. The molecule has 0 aliphatic carbocycles. The zero-order chi connectivity index (χ0) is 15.5. The second kappa shape index (κ2) is 6.21. The number of aryl methyl sites for hydroxylation is 1. The fourth-order valence-electron chi connectivity index (χ4n) is 2.63. The van der Waals surface area contributed by atoms with Gasteiger partial charge in [0.15, 0.2) is 0 Å². The molecule has 3 nitrogen and oxygen atoms in total. The van der Waals surface area contributed by atoms with E-state index in [4.69, 9.17) is 21.8 Å². The molecule has 110 valence electrons. The van der Waals surface area contributed by atoms with Crippen LogP contribution in [0.1, 0.15) is 30.3 Å². The summed E-state index contributed by atoms with van der Waals surface area (Å²) in [5.74, 6) is 1.03. The van der Waals surface area contributed by atoms with Gasteiger partial charge in [0.1, 0.15) is 5.82 Å². The quantitative estimate of drug-likeness (QED) is 0.709. The summed E-state index contributed by atoms with van der Waals surface area (Å²) in [6.45, 7) is 2.81. The average molecular weight is 310 g/mol. The van der Waals surface area contributed by atoms with Crippen molar-refractivity contribution in [2.45, 2.75) is 26.3 Å². The van der Waals surface area contributed by atoms with Crippen molar-refractivity contribution < 1.29 is 0 Å². The smallest absolute Gasteiger partial charge is 0.110 e. The minimum atomic E-state index is 0.649. The molecular formula is C18H16ClN3. The summed E-state index contributed by atoms with van der Waals surface area (Å²) in [6.07, 6.45) is 1.93. The van der Waals surface area contributed by atoms with E-state index >= 15 is 0 Å². The molecule has 0 unspecified atom stereocenters. The zero-order valence-corrected chi connectivity index (χ0v) is 13.1. The largest absolute Gasteiger partial charge is 0.323 e. The molecule has 2 aromatic carbocycles. The Kier molecular flexibility index (Phi) is 4.13. The Morgan fingerprint density at radius 2 is 2.05 bits per heavy atom. The fraction of sp³-hybridized carbons (Fsp3) is 0.222. The number of halogens is 1. The molecule has 1 heterocycles. The molecule has 0 saturated heterocycles. The van der Waals surface area contributed by atoms with Crippen LogP contribution in [0.3, 0.4) is 0 Å². The van der Waals surface area contributed by atoms with E-state index in [9.17, 15) is 0 Å². The van der Waals surface area contributed by atoms with E-state index in [1.807, 2.05) is 42.5 Å². The number of aromatic nitrogens is 2. The van der Waals surface area contributed by atoms with Gasteiger partial charge in [-0.05, 0) is 36.2 Å². The number of benzene rings is 2. The average Bonchev–Trinajstić information content (AvgIpc) is 2.87. The molecule has 22 heavy (non-hydrogen) atoms. The molecule has 0 radical (unpaired) electrons. The highest BCUT2D eigenvalue weighted by Gasteiger charge is 2.12. The van der Waals surface area contributed by atoms with Crippen LogP contribution < -0.4 is 0 Å². The van der Waals surface area contributed by atoms with Gasteiger partial charge in [-0.25, -0.2) is 4.98 Å². The number of nitrogens with zero attached hydrogens (tertiary/aromatic N) is 3. The van der Waals surface area contributed by atoms with Gasteiger partial charge in [0.2, 0.25) is 0 Å². The third-order valence-electron chi connectivity index (χ3n) is 3.72. The van der Waals surface area contributed by atoms with Crippen LogP contribution in [0.25, 0.3) is 11.0 Å². The van der Waals surface area contributed by atoms with Gasteiger partial charge in [-0.1, -0.05) is 36.7 Å². The van der Waals surface area contributed by atoms with Crippen molar-refractivity contribution in [3.05, 3.63) is 64.4 Å². The van der Waals surface area contributed by atoms with E-state index < -0.39 is 0 Å². The van der Waals surface area contributed by atoms with Crippen LogP contribution in [0.4, 0.5) is 0 Å². The molecule has 4 heteroatoms. The number of imidazole rings is 1. The Hall–Kier alpha value is -2.31. The van der Waals surface area contributed by atoms with Crippen LogP contribution in [0.5, 0.6) is 0 Å². The number of nitriles is 1. The minimum absolute atomic E-state index is 0.649. The first kappa shape index (κ1) is 14.6. The zero-order valence-electron chi connectivity index (χ0n) is 12.4. The number of hydrogen-bond acceptors (Lipinski definition) is 2. The van der Waals surface area contributed by atoms with Crippen molar-refractivity contribution in [3.63, 3.8) is 0 Å². The van der Waals surface area contributed by atoms with Gasteiger partial charge in [0.05, 0.1) is 29.2 Å². The number of fused-ring (bicyclic) bond motifs is 1. The van der Waals surface area contributed by atoms with Gasteiger partial charge in [-0.2, -0.15) is 5.26 Å². The van der Waals surface area contributed by atoms with Crippen molar-refractivity contribution in [1.82, 2.24) is 9.55 Å². The molecule has 0 atom stereocenters. The number of hydrogen-bond donors (Lipinski definition) is 0. The summed E-state index contributed by atoms with van der Waals surface area (Å²) in [5, 5.41) is 9.88. The first-order valence-corrected chi connectivity index (χ1v) is 7.73. The maximum absolute atomic E-state index is 9.13. The van der Waals surface area contributed by atoms with Gasteiger partial charge >= 0.3 is 0 Å². The second-order valence-electron chi connectivity index (χ2n) is 5.27. The standard InChI is InChI=1S/C18H16ClN3/c1-2-5-18-21-16-9-8-13(11-20)10-17(16)22(18)12-14-6-3-4-7-15(14)19/h3-4,6-10H,2,5,12H2,1H3. The molecule has 0 N–H and O–H groups in total. The molecular weight excluding hydrogens is 294 g/mol. The Labute approximate surface area is 134 Å². The first-order valence-electron chi connectivity index (χ1n) is 7.35. The van der Waals surface area contributed by atoms with E-state index in [0.29, 0.717) is 12.1 Å². The van der Waals surface area contributed by atoms with Crippen LogP contribution in [0, 0.1) is 11.3 Å². The highest BCUT2D eigenvalue weighted by atomic mass is 35.5. The van der Waals surface area contributed by atoms with Gasteiger partial charge in [0, 0.05) is 11.4 Å². The van der Waals surface area contributed by atoms with Crippen molar-refractivity contribution in [2.75, 3.05) is 0 Å². The van der Waals surface area contributed by atoms with E-state index in [0.717, 1.165) is 40.3 Å². The molecule has 3 rings (SSSR count). The lowest BCUT2D eigenvalue weighted by atomic mass is 10.2. The van der Waals surface area contributed by atoms with Gasteiger partial charge in [0.25, 0.3) is 0 Å². The highest BCUT2D eigenvalue weighted by Crippen LogP contribution is 2.23. The summed E-state index contributed by atoms with van der Waals surface area (Å²) in [6, 6.07) is 15.7. The predicted octanol–water partition coefficient (Wildman–Crippen LogP) is 4.56. The van der Waals surface area contributed by atoms with Crippen LogP contribution in [-0.2, 0) is 13.0 Å². The molecule has 0 aliphatic heterocycles. The Morgan fingerprint density at radius 1 is 1.23 bits per heavy atom. The summed E-state index contributed by atoms with van der Waals surface area (Å²) in [5.41, 5.74) is 3.62. The summed E-state index contributed by atoms with van der Waals surface area (Å²) >= 11 is 6.29. The summed E-state index contributed by atoms with van der Waals surface area (Å²) in [4.78, 5) is 4.71. The van der Waals surface area contributed by atoms with Crippen molar-refractivity contribution in [1.29, 1.82) is 5.26 Å².